The number of nitrogens with zero attached hydrogens (tertiary/aromatic N) is 2. The summed E-state index contributed by atoms with van der Waals surface area (Å²) in [5.74, 6) is -0.991. The number of nitriles is 1. The van der Waals surface area contributed by atoms with E-state index in [1.807, 2.05) is 0 Å². The molecule has 0 spiro atoms. The van der Waals surface area contributed by atoms with Crippen LogP contribution >= 0.6 is 0 Å². The molecule has 2 heterocycles. The molecule has 5 nitrogen and oxygen atoms in total. The number of benzene rings is 1. The van der Waals surface area contributed by atoms with Gasteiger partial charge in [0.25, 0.3) is 0 Å². The first-order valence-corrected chi connectivity index (χ1v) is 8.15. The Labute approximate surface area is 150 Å². The van der Waals surface area contributed by atoms with Crippen LogP contribution in [0.2, 0.25) is 0 Å². The summed E-state index contributed by atoms with van der Waals surface area (Å²) in [6.45, 7) is 3.55. The van der Waals surface area contributed by atoms with Crippen LogP contribution in [0.25, 0.3) is 5.88 Å². The summed E-state index contributed by atoms with van der Waals surface area (Å²) in [7, 11) is 0. The van der Waals surface area contributed by atoms with Crippen molar-refractivity contribution in [3.05, 3.63) is 77.1 Å². The highest BCUT2D eigenvalue weighted by Gasteiger charge is 2.37. The molecule has 26 heavy (non-hydrogen) atoms. The van der Waals surface area contributed by atoms with Gasteiger partial charge < -0.3 is 9.47 Å². The van der Waals surface area contributed by atoms with Gasteiger partial charge in [0.05, 0.1) is 18.1 Å². The van der Waals surface area contributed by atoms with Gasteiger partial charge in [0.15, 0.2) is 0 Å². The number of hydrogen-bond acceptors (Lipinski definition) is 4. The van der Waals surface area contributed by atoms with E-state index in [2.05, 4.69) is 6.07 Å². The lowest BCUT2D eigenvalue weighted by Gasteiger charge is -2.28. The SMILES string of the molecule is CCOC(=O)C1=C(C)OC(n2cccc2)=C(C#N)C1c1ccc(F)cc1. The number of ether oxygens (including phenoxy) is 2. The molecule has 0 amide bonds. The molecule has 132 valence electrons. The van der Waals surface area contributed by atoms with Crippen LogP contribution in [-0.4, -0.2) is 17.1 Å². The zero-order valence-electron chi connectivity index (χ0n) is 14.4. The average Bonchev–Trinajstić information content (AvgIpc) is 3.16. The first-order chi connectivity index (χ1) is 12.6. The molecule has 6 heteroatoms. The van der Waals surface area contributed by atoms with Crippen LogP contribution in [0, 0.1) is 17.1 Å². The van der Waals surface area contributed by atoms with Crippen LogP contribution in [0.1, 0.15) is 25.3 Å². The lowest BCUT2D eigenvalue weighted by molar-refractivity contribution is -0.139. The van der Waals surface area contributed by atoms with Gasteiger partial charge in [-0.25, -0.2) is 9.18 Å². The normalized spacial score (nSPS) is 16.9. The van der Waals surface area contributed by atoms with Crippen LogP contribution in [0.4, 0.5) is 4.39 Å². The Bertz CT molecular complexity index is 919. The second-order valence-electron chi connectivity index (χ2n) is 5.70. The predicted octanol–water partition coefficient (Wildman–Crippen LogP) is 3.97. The lowest BCUT2D eigenvalue weighted by atomic mass is 9.83. The van der Waals surface area contributed by atoms with Crippen molar-refractivity contribution < 1.29 is 18.7 Å². The molecule has 0 bridgehead atoms. The van der Waals surface area contributed by atoms with Crippen LogP contribution in [0.15, 0.2) is 65.7 Å². The Morgan fingerprint density at radius 2 is 1.96 bits per heavy atom. The van der Waals surface area contributed by atoms with Crippen molar-refractivity contribution in [1.29, 1.82) is 5.26 Å². The summed E-state index contributed by atoms with van der Waals surface area (Å²) in [5.41, 5.74) is 1.10. The van der Waals surface area contributed by atoms with E-state index >= 15 is 0 Å². The van der Waals surface area contributed by atoms with Crippen LogP contribution in [0.3, 0.4) is 0 Å². The van der Waals surface area contributed by atoms with E-state index in [-0.39, 0.29) is 17.8 Å². The number of esters is 1. The van der Waals surface area contributed by atoms with E-state index in [1.54, 1.807) is 55.1 Å². The van der Waals surface area contributed by atoms with Gasteiger partial charge in [-0.1, -0.05) is 12.1 Å². The summed E-state index contributed by atoms with van der Waals surface area (Å²) >= 11 is 0. The maximum atomic E-state index is 13.4. The number of halogens is 1. The molecule has 0 fully saturated rings. The molecule has 1 atom stereocenters. The number of carbonyl (C=O) groups is 1. The molecule has 1 aliphatic rings. The Morgan fingerprint density at radius 3 is 2.54 bits per heavy atom. The summed E-state index contributed by atoms with van der Waals surface area (Å²) in [6.07, 6.45) is 3.49. The highest BCUT2D eigenvalue weighted by Crippen LogP contribution is 2.42. The molecule has 1 unspecified atom stereocenters. The number of rotatable bonds is 4. The molecular formula is C20H17FN2O3. The summed E-state index contributed by atoms with van der Waals surface area (Å²) in [4.78, 5) is 12.5. The minimum atomic E-state index is -0.703. The fraction of sp³-hybridized carbons (Fsp3) is 0.200. The molecule has 0 aliphatic carbocycles. The van der Waals surface area contributed by atoms with E-state index in [4.69, 9.17) is 9.47 Å². The second kappa shape index (κ2) is 7.28. The Kier molecular flexibility index (Phi) is 4.90. The first kappa shape index (κ1) is 17.5. The fourth-order valence-electron chi connectivity index (χ4n) is 2.96. The number of aromatic nitrogens is 1. The molecular weight excluding hydrogens is 335 g/mol. The summed E-state index contributed by atoms with van der Waals surface area (Å²) < 4.78 is 26.0. The second-order valence-corrected chi connectivity index (χ2v) is 5.70. The van der Waals surface area contributed by atoms with Crippen molar-refractivity contribution in [2.24, 2.45) is 0 Å². The smallest absolute Gasteiger partial charge is 0.338 e. The maximum absolute atomic E-state index is 13.4. The highest BCUT2D eigenvalue weighted by molar-refractivity contribution is 5.93. The van der Waals surface area contributed by atoms with Crippen molar-refractivity contribution >= 4 is 11.9 Å². The third-order valence-corrected chi connectivity index (χ3v) is 4.09. The predicted molar refractivity (Wildman–Crippen MR) is 92.8 cm³/mol. The van der Waals surface area contributed by atoms with Crippen LogP contribution in [0.5, 0.6) is 0 Å². The third-order valence-electron chi connectivity index (χ3n) is 4.09. The highest BCUT2D eigenvalue weighted by atomic mass is 19.1. The van der Waals surface area contributed by atoms with Crippen molar-refractivity contribution in [3.63, 3.8) is 0 Å². The standard InChI is InChI=1S/C20H17FN2O3/c1-3-25-20(24)17-13(2)26-19(23-10-4-5-11-23)16(12-22)18(17)14-6-8-15(21)9-7-14/h4-11,18H,3H2,1-2H3. The number of hydrogen-bond donors (Lipinski definition) is 0. The van der Waals surface area contributed by atoms with Gasteiger partial charge in [-0.3, -0.25) is 4.57 Å². The van der Waals surface area contributed by atoms with Gasteiger partial charge in [0.2, 0.25) is 5.88 Å². The quantitative estimate of drug-likeness (QED) is 0.781. The van der Waals surface area contributed by atoms with E-state index < -0.39 is 17.7 Å². The fourth-order valence-corrected chi connectivity index (χ4v) is 2.96. The first-order valence-electron chi connectivity index (χ1n) is 8.15. The molecule has 2 aromatic rings. The van der Waals surface area contributed by atoms with E-state index in [0.29, 0.717) is 17.2 Å². The van der Waals surface area contributed by atoms with Gasteiger partial charge in [-0.2, -0.15) is 5.26 Å². The van der Waals surface area contributed by atoms with Crippen LogP contribution in [-0.2, 0) is 14.3 Å². The molecule has 1 aliphatic heterocycles. The average molecular weight is 352 g/mol. The summed E-state index contributed by atoms with van der Waals surface area (Å²) in [5, 5.41) is 9.81. The molecule has 0 N–H and O–H groups in total. The Morgan fingerprint density at radius 1 is 1.31 bits per heavy atom. The Hall–Kier alpha value is -3.33. The molecule has 1 aromatic heterocycles. The van der Waals surface area contributed by atoms with Gasteiger partial charge in [-0.15, -0.1) is 0 Å². The maximum Gasteiger partial charge on any atom is 0.338 e. The summed E-state index contributed by atoms with van der Waals surface area (Å²) in [6, 6.07) is 11.5. The van der Waals surface area contributed by atoms with Gasteiger partial charge in [0, 0.05) is 12.4 Å². The molecule has 3 rings (SSSR count). The number of allylic oxidation sites excluding steroid dienone is 2. The van der Waals surface area contributed by atoms with Crippen LogP contribution < -0.4 is 0 Å². The van der Waals surface area contributed by atoms with Crippen molar-refractivity contribution in [1.82, 2.24) is 4.57 Å². The largest absolute Gasteiger partial charge is 0.463 e. The van der Waals surface area contributed by atoms with Crippen molar-refractivity contribution in [2.75, 3.05) is 6.61 Å². The zero-order valence-corrected chi connectivity index (χ0v) is 14.4. The minimum absolute atomic E-state index is 0.196. The van der Waals surface area contributed by atoms with Gasteiger partial charge in [0.1, 0.15) is 23.2 Å². The molecule has 0 saturated heterocycles. The molecule has 0 radical (unpaired) electrons. The zero-order chi connectivity index (χ0) is 18.7. The number of carbonyl (C=O) groups excluding carboxylic acids is 1. The Balaban J connectivity index is 2.20. The third kappa shape index (κ3) is 3.11. The van der Waals surface area contributed by atoms with Gasteiger partial charge in [-0.05, 0) is 43.7 Å². The van der Waals surface area contributed by atoms with Crippen molar-refractivity contribution in [2.45, 2.75) is 19.8 Å². The van der Waals surface area contributed by atoms with Crippen molar-refractivity contribution in [3.8, 4) is 6.07 Å². The molecule has 0 saturated carbocycles. The van der Waals surface area contributed by atoms with E-state index in [1.165, 1.54) is 12.1 Å². The monoisotopic (exact) mass is 352 g/mol. The molecule has 1 aromatic carbocycles. The topological polar surface area (TPSA) is 64.2 Å². The van der Waals surface area contributed by atoms with Gasteiger partial charge >= 0.3 is 5.97 Å². The minimum Gasteiger partial charge on any atom is -0.463 e. The van der Waals surface area contributed by atoms with E-state index in [0.717, 1.165) is 0 Å². The van der Waals surface area contributed by atoms with E-state index in [9.17, 15) is 14.4 Å². The lowest BCUT2D eigenvalue weighted by Crippen LogP contribution is -2.24.